The van der Waals surface area contributed by atoms with Crippen LogP contribution in [0.5, 0.6) is 5.88 Å². The van der Waals surface area contributed by atoms with E-state index in [9.17, 15) is 10.1 Å². The summed E-state index contributed by atoms with van der Waals surface area (Å²) in [6.45, 7) is 4.71. The Morgan fingerprint density at radius 2 is 2.12 bits per heavy atom. The molecule has 9 heteroatoms. The first-order valence-electron chi connectivity index (χ1n) is 8.84. The third-order valence-corrected chi connectivity index (χ3v) is 4.38. The number of anilines is 2. The predicted octanol–water partition coefficient (Wildman–Crippen LogP) is 3.16. The molecule has 1 saturated heterocycles. The first kappa shape index (κ1) is 18.0. The predicted molar refractivity (Wildman–Crippen MR) is 96.8 cm³/mol. The fourth-order valence-electron chi connectivity index (χ4n) is 2.99. The molecule has 0 amide bonds. The summed E-state index contributed by atoms with van der Waals surface area (Å²) in [6, 6.07) is 5.28. The van der Waals surface area contributed by atoms with Crippen molar-refractivity contribution >= 4 is 17.1 Å². The number of hydrogen-bond acceptors (Lipinski definition) is 8. The summed E-state index contributed by atoms with van der Waals surface area (Å²) in [4.78, 5) is 13.2. The van der Waals surface area contributed by atoms with Crippen LogP contribution in [0.3, 0.4) is 0 Å². The van der Waals surface area contributed by atoms with Gasteiger partial charge in [0.25, 0.3) is 11.6 Å². The maximum Gasteiger partial charge on any atom is 0.292 e. The normalized spacial score (nSPS) is 14.3. The van der Waals surface area contributed by atoms with Crippen LogP contribution in [0.25, 0.3) is 0 Å². The number of nitro groups is 1. The molecule has 1 N–H and O–H groups in total. The Morgan fingerprint density at radius 3 is 2.81 bits per heavy atom. The fourth-order valence-corrected chi connectivity index (χ4v) is 2.99. The molecule has 0 unspecified atom stereocenters. The molecule has 0 spiro atoms. The van der Waals surface area contributed by atoms with E-state index < -0.39 is 0 Å². The summed E-state index contributed by atoms with van der Waals surface area (Å²) in [5, 5.41) is 21.7. The largest absolute Gasteiger partial charge is 0.474 e. The zero-order valence-electron chi connectivity index (χ0n) is 14.8. The van der Waals surface area contributed by atoms with E-state index in [1.54, 1.807) is 13.0 Å². The second-order valence-corrected chi connectivity index (χ2v) is 6.29. The average Bonchev–Trinajstić information content (AvgIpc) is 3.07. The van der Waals surface area contributed by atoms with Crippen molar-refractivity contribution in [2.75, 3.05) is 36.5 Å². The molecule has 140 valence electrons. The first-order chi connectivity index (χ1) is 12.6. The lowest BCUT2D eigenvalue weighted by molar-refractivity contribution is -0.383. The second-order valence-electron chi connectivity index (χ2n) is 6.29. The van der Waals surface area contributed by atoms with E-state index in [1.807, 2.05) is 12.1 Å². The van der Waals surface area contributed by atoms with Crippen LogP contribution >= 0.6 is 0 Å². The number of nitro benzene ring substituents is 1. The lowest BCUT2D eigenvalue weighted by Crippen LogP contribution is -2.29. The fraction of sp³-hybridized carbons (Fsp3) is 0.529. The van der Waals surface area contributed by atoms with Gasteiger partial charge in [-0.1, -0.05) is 5.16 Å². The van der Waals surface area contributed by atoms with Gasteiger partial charge < -0.3 is 15.0 Å². The van der Waals surface area contributed by atoms with Crippen LogP contribution in [-0.2, 0) is 0 Å². The highest BCUT2D eigenvalue weighted by Gasteiger charge is 2.17. The van der Waals surface area contributed by atoms with Crippen LogP contribution in [0.2, 0.25) is 0 Å². The van der Waals surface area contributed by atoms with Gasteiger partial charge in [-0.25, -0.2) is 4.63 Å². The number of rotatable bonds is 8. The van der Waals surface area contributed by atoms with E-state index >= 15 is 0 Å². The number of aromatic nitrogens is 2. The lowest BCUT2D eigenvalue weighted by Gasteiger charge is -2.29. The number of aryl methyl sites for hydroxylation is 1. The van der Waals surface area contributed by atoms with Crippen molar-refractivity contribution < 1.29 is 14.3 Å². The van der Waals surface area contributed by atoms with Crippen LogP contribution in [0.1, 0.15) is 31.4 Å². The van der Waals surface area contributed by atoms with Crippen LogP contribution < -0.4 is 15.0 Å². The quantitative estimate of drug-likeness (QED) is 0.434. The van der Waals surface area contributed by atoms with Crippen LogP contribution in [-0.4, -0.2) is 41.5 Å². The second kappa shape index (κ2) is 8.50. The SMILES string of the molecule is Cc1nonc1OCCCNc1cc(N2CCCCC2)ccc1[N+](=O)[O-]. The van der Waals surface area contributed by atoms with Gasteiger partial charge in [0.1, 0.15) is 11.4 Å². The van der Waals surface area contributed by atoms with Gasteiger partial charge in [0.05, 0.1) is 11.5 Å². The molecular weight excluding hydrogens is 338 g/mol. The summed E-state index contributed by atoms with van der Waals surface area (Å²) in [7, 11) is 0. The van der Waals surface area contributed by atoms with E-state index in [0.717, 1.165) is 31.6 Å². The first-order valence-corrected chi connectivity index (χ1v) is 8.84. The van der Waals surface area contributed by atoms with Gasteiger partial charge in [0, 0.05) is 31.4 Å². The van der Waals surface area contributed by atoms with Crippen molar-refractivity contribution in [1.82, 2.24) is 10.3 Å². The van der Waals surface area contributed by atoms with Crippen LogP contribution in [0.4, 0.5) is 17.1 Å². The summed E-state index contributed by atoms with van der Waals surface area (Å²) >= 11 is 0. The number of hydrogen-bond donors (Lipinski definition) is 1. The van der Waals surface area contributed by atoms with Crippen molar-refractivity contribution in [2.24, 2.45) is 0 Å². The Hall–Kier alpha value is -2.84. The Balaban J connectivity index is 1.57. The van der Waals surface area contributed by atoms with E-state index in [0.29, 0.717) is 36.8 Å². The molecule has 26 heavy (non-hydrogen) atoms. The maximum absolute atomic E-state index is 11.3. The van der Waals surface area contributed by atoms with Crippen molar-refractivity contribution in [1.29, 1.82) is 0 Å². The molecule has 3 rings (SSSR count). The molecule has 1 aliphatic heterocycles. The van der Waals surface area contributed by atoms with Crippen molar-refractivity contribution in [2.45, 2.75) is 32.6 Å². The molecule has 0 atom stereocenters. The molecule has 1 aromatic carbocycles. The molecule has 1 aliphatic rings. The molecule has 0 aliphatic carbocycles. The summed E-state index contributed by atoms with van der Waals surface area (Å²) in [5.41, 5.74) is 2.25. The molecule has 0 radical (unpaired) electrons. The van der Waals surface area contributed by atoms with Crippen LogP contribution in [0, 0.1) is 17.0 Å². The van der Waals surface area contributed by atoms with Crippen molar-refractivity contribution in [3.05, 3.63) is 34.0 Å². The monoisotopic (exact) mass is 361 g/mol. The zero-order valence-corrected chi connectivity index (χ0v) is 14.8. The Labute approximate surface area is 151 Å². The van der Waals surface area contributed by atoms with Gasteiger partial charge in [-0.05, 0) is 49.9 Å². The maximum atomic E-state index is 11.3. The molecule has 1 fully saturated rings. The molecule has 9 nitrogen and oxygen atoms in total. The smallest absolute Gasteiger partial charge is 0.292 e. The van der Waals surface area contributed by atoms with E-state index in [2.05, 4.69) is 25.2 Å². The minimum atomic E-state index is -0.358. The summed E-state index contributed by atoms with van der Waals surface area (Å²) in [5.74, 6) is 0.378. The number of benzene rings is 1. The van der Waals surface area contributed by atoms with Gasteiger partial charge in [0.15, 0.2) is 0 Å². The summed E-state index contributed by atoms with van der Waals surface area (Å²) in [6.07, 6.45) is 4.23. The number of ether oxygens (including phenoxy) is 1. The van der Waals surface area contributed by atoms with Gasteiger partial charge in [-0.3, -0.25) is 10.1 Å². The minimum absolute atomic E-state index is 0.0863. The molecule has 2 aromatic rings. The van der Waals surface area contributed by atoms with Gasteiger partial charge >= 0.3 is 0 Å². The number of piperidine rings is 1. The zero-order chi connectivity index (χ0) is 18.4. The van der Waals surface area contributed by atoms with Crippen LogP contribution in [0.15, 0.2) is 22.8 Å². The number of nitrogens with zero attached hydrogens (tertiary/aromatic N) is 4. The highest BCUT2D eigenvalue weighted by Crippen LogP contribution is 2.30. The van der Waals surface area contributed by atoms with Crippen molar-refractivity contribution in [3.63, 3.8) is 0 Å². The molecule has 0 bridgehead atoms. The third-order valence-electron chi connectivity index (χ3n) is 4.38. The Morgan fingerprint density at radius 1 is 1.31 bits per heavy atom. The lowest BCUT2D eigenvalue weighted by atomic mass is 10.1. The topological polar surface area (TPSA) is 107 Å². The van der Waals surface area contributed by atoms with Gasteiger partial charge in [-0.15, -0.1) is 0 Å². The number of nitrogens with one attached hydrogen (secondary N) is 1. The average molecular weight is 361 g/mol. The Kier molecular flexibility index (Phi) is 5.88. The Bertz CT molecular complexity index is 743. The highest BCUT2D eigenvalue weighted by atomic mass is 16.6. The van der Waals surface area contributed by atoms with Gasteiger partial charge in [0.2, 0.25) is 0 Å². The van der Waals surface area contributed by atoms with E-state index in [1.165, 1.54) is 6.42 Å². The van der Waals surface area contributed by atoms with Crippen molar-refractivity contribution in [3.8, 4) is 5.88 Å². The molecule has 0 saturated carbocycles. The molecule has 1 aromatic heterocycles. The van der Waals surface area contributed by atoms with E-state index in [-0.39, 0.29) is 10.6 Å². The minimum Gasteiger partial charge on any atom is -0.474 e. The standard InChI is InChI=1S/C17H23N5O4/c1-13-17(20-26-19-13)25-11-5-8-18-15-12-14(6-7-16(15)22(23)24)21-9-3-2-4-10-21/h6-7,12,18H,2-5,8-11H2,1H3. The third kappa shape index (κ3) is 4.41. The molecular formula is C17H23N5O4. The van der Waals surface area contributed by atoms with E-state index in [4.69, 9.17) is 4.74 Å². The molecule has 2 heterocycles. The summed E-state index contributed by atoms with van der Waals surface area (Å²) < 4.78 is 10.0. The highest BCUT2D eigenvalue weighted by molar-refractivity contribution is 5.69. The van der Waals surface area contributed by atoms with Gasteiger partial charge in [-0.2, -0.15) is 0 Å².